The molecule has 218 valence electrons. The van der Waals surface area contributed by atoms with Crippen molar-refractivity contribution in [1.82, 2.24) is 0 Å². The second-order valence-electron chi connectivity index (χ2n) is 8.88. The molecule has 0 saturated carbocycles. The van der Waals surface area contributed by atoms with Gasteiger partial charge in [0.2, 0.25) is 5.96 Å². The highest BCUT2D eigenvalue weighted by molar-refractivity contribution is 7.91. The molecule has 0 atom stereocenters. The Morgan fingerprint density at radius 2 is 1.18 bits per heavy atom. The Morgan fingerprint density at radius 3 is 1.51 bits per heavy atom. The molecule has 1 rings (SSSR count). The van der Waals surface area contributed by atoms with Gasteiger partial charge in [-0.05, 0) is 64.1 Å². The van der Waals surface area contributed by atoms with Gasteiger partial charge in [0.1, 0.15) is 23.2 Å². The summed E-state index contributed by atoms with van der Waals surface area (Å²) in [6.07, 6.45) is 12.2. The maximum atomic E-state index is 6.00. The van der Waals surface area contributed by atoms with Crippen LogP contribution in [0.25, 0.3) is 0 Å². The molecule has 0 radical (unpaired) electrons. The fourth-order valence-electron chi connectivity index (χ4n) is 4.71. The molecule has 0 spiro atoms. The summed E-state index contributed by atoms with van der Waals surface area (Å²) in [5, 5.41) is 3.08. The van der Waals surface area contributed by atoms with Crippen LogP contribution in [0.3, 0.4) is 0 Å². The van der Waals surface area contributed by atoms with Crippen molar-refractivity contribution in [3.05, 3.63) is 104 Å². The Labute approximate surface area is 241 Å². The molecule has 6 heteroatoms. The Morgan fingerprint density at radius 1 is 0.769 bits per heavy atom. The summed E-state index contributed by atoms with van der Waals surface area (Å²) in [7, 11) is -2.32. The molecule has 0 unspecified atom stereocenters. The molecule has 0 aliphatic heterocycles. The number of hydrogen-bond donors (Lipinski definition) is 3. The Balaban J connectivity index is -0.00000201. The van der Waals surface area contributed by atoms with Crippen LogP contribution in [-0.4, -0.2) is 22.6 Å². The zero-order chi connectivity index (χ0) is 31.3. The molecular weight excluding hydrogens is 497 g/mol. The normalized spacial score (nSPS) is 13.3. The summed E-state index contributed by atoms with van der Waals surface area (Å²) < 4.78 is 0. The minimum atomic E-state index is -2.32. The van der Waals surface area contributed by atoms with Crippen LogP contribution in [0.15, 0.2) is 114 Å². The van der Waals surface area contributed by atoms with E-state index in [1.807, 2.05) is 85.8 Å². The number of nitrogens with zero attached hydrogens (tertiary/aromatic N) is 2. The van der Waals surface area contributed by atoms with E-state index in [1.165, 1.54) is 5.30 Å². The summed E-state index contributed by atoms with van der Waals surface area (Å²) in [6.45, 7) is 36.8. The molecule has 1 aromatic rings. The van der Waals surface area contributed by atoms with Crippen LogP contribution < -0.4 is 22.5 Å². The monoisotopic (exact) mass is 554 g/mol. The molecule has 0 amide bonds. The number of hydrogen-bond acceptors (Lipinski definition) is 1. The smallest absolute Gasteiger partial charge is 0.219 e. The third kappa shape index (κ3) is 11.6. The molecule has 0 aliphatic rings. The van der Waals surface area contributed by atoms with Gasteiger partial charge in [-0.25, -0.2) is 4.99 Å². The van der Waals surface area contributed by atoms with Crippen molar-refractivity contribution >= 4 is 24.5 Å². The molecule has 39 heavy (non-hydrogen) atoms. The topological polar surface area (TPSA) is 103 Å². The van der Waals surface area contributed by atoms with Crippen molar-refractivity contribution in [1.29, 1.82) is 0 Å². The fourth-order valence-corrected chi connectivity index (χ4v) is 10.1. The lowest BCUT2D eigenvalue weighted by atomic mass is 9.93. The van der Waals surface area contributed by atoms with E-state index in [4.69, 9.17) is 17.2 Å². The zero-order valence-corrected chi connectivity index (χ0v) is 27.4. The first kappa shape index (κ1) is 40.3. The molecule has 5 nitrogen and oxygen atoms in total. The zero-order valence-electron chi connectivity index (χ0n) is 26.5. The van der Waals surface area contributed by atoms with Gasteiger partial charge < -0.3 is 17.2 Å². The van der Waals surface area contributed by atoms with Crippen LogP contribution in [0.5, 0.6) is 0 Å². The SMILES string of the molecule is C=C/C=C(\C=C)[P+](/C(C=C)=C/C=C)(c1ccccc1)C(C)(C)CC(C)(C)N=C(N)N=C(N)N.CC.CC.CC. The summed E-state index contributed by atoms with van der Waals surface area (Å²) in [6, 6.07) is 10.5. The van der Waals surface area contributed by atoms with Crippen molar-refractivity contribution in [3.63, 3.8) is 0 Å². The van der Waals surface area contributed by atoms with Crippen molar-refractivity contribution in [2.45, 2.75) is 86.4 Å². The van der Waals surface area contributed by atoms with Gasteiger partial charge in [-0.15, -0.1) is 0 Å². The van der Waals surface area contributed by atoms with E-state index in [0.29, 0.717) is 6.42 Å². The molecule has 0 aliphatic carbocycles. The van der Waals surface area contributed by atoms with Crippen LogP contribution in [0.1, 0.15) is 75.7 Å². The summed E-state index contributed by atoms with van der Waals surface area (Å²) >= 11 is 0. The van der Waals surface area contributed by atoms with Gasteiger partial charge >= 0.3 is 0 Å². The second kappa shape index (κ2) is 20.7. The van der Waals surface area contributed by atoms with Gasteiger partial charge in [0.15, 0.2) is 5.96 Å². The lowest BCUT2D eigenvalue weighted by molar-refractivity contribution is 0.421. The molecule has 0 bridgehead atoms. The van der Waals surface area contributed by atoms with Crippen molar-refractivity contribution in [2.24, 2.45) is 27.2 Å². The lowest BCUT2D eigenvalue weighted by Crippen LogP contribution is -2.40. The quantitative estimate of drug-likeness (QED) is 0.111. The van der Waals surface area contributed by atoms with E-state index < -0.39 is 12.8 Å². The van der Waals surface area contributed by atoms with Gasteiger partial charge in [0, 0.05) is 6.42 Å². The van der Waals surface area contributed by atoms with Crippen LogP contribution in [0.2, 0.25) is 0 Å². The highest BCUT2D eigenvalue weighted by Gasteiger charge is 2.59. The first-order valence-electron chi connectivity index (χ1n) is 13.7. The van der Waals surface area contributed by atoms with E-state index in [9.17, 15) is 0 Å². The van der Waals surface area contributed by atoms with E-state index in [1.54, 1.807) is 12.2 Å². The average molecular weight is 555 g/mol. The molecule has 0 aromatic heterocycles. The van der Waals surface area contributed by atoms with Crippen LogP contribution in [-0.2, 0) is 0 Å². The maximum Gasteiger partial charge on any atom is 0.219 e. The van der Waals surface area contributed by atoms with Crippen molar-refractivity contribution in [3.8, 4) is 0 Å². The summed E-state index contributed by atoms with van der Waals surface area (Å²) in [4.78, 5) is 8.54. The van der Waals surface area contributed by atoms with Crippen LogP contribution >= 0.6 is 7.26 Å². The highest BCUT2D eigenvalue weighted by Crippen LogP contribution is 2.80. The molecule has 0 heterocycles. The summed E-state index contributed by atoms with van der Waals surface area (Å²) in [5.41, 5.74) is 16.4. The van der Waals surface area contributed by atoms with Crippen LogP contribution in [0, 0.1) is 0 Å². The predicted molar refractivity (Wildman–Crippen MR) is 184 cm³/mol. The molecular formula is C33H57N5P+. The third-order valence-electron chi connectivity index (χ3n) is 5.35. The molecule has 1 aromatic carbocycles. The third-order valence-corrected chi connectivity index (χ3v) is 10.6. The second-order valence-corrected chi connectivity index (χ2v) is 13.0. The largest absolute Gasteiger partial charge is 0.370 e. The standard InChI is InChI=1S/C27H39N5P.3C2H6/c1-9-16-21(11-3)33(22(12-4)17-10-2,23-18-14-13-15-19-23)27(7,8)20-26(5,6)32-25(30)31-24(28)29;3*1-2/h9-19H,1-4,20H2,5-8H3,(H6,28,29,30,31,32);3*1-2H3/q+1;;;/b21-16+,22-17+;;;. The van der Waals surface area contributed by atoms with Gasteiger partial charge in [-0.2, -0.15) is 4.99 Å². The molecule has 0 saturated heterocycles. The van der Waals surface area contributed by atoms with Gasteiger partial charge in [0.05, 0.1) is 10.7 Å². The van der Waals surface area contributed by atoms with E-state index in [-0.39, 0.29) is 17.1 Å². The lowest BCUT2D eigenvalue weighted by Gasteiger charge is -2.44. The van der Waals surface area contributed by atoms with Gasteiger partial charge in [0.25, 0.3) is 0 Å². The Hall–Kier alpha value is -3.17. The maximum absolute atomic E-state index is 6.00. The van der Waals surface area contributed by atoms with Gasteiger partial charge in [-0.3, -0.25) is 0 Å². The fraction of sp³-hybridized carbons (Fsp3) is 0.394. The van der Waals surface area contributed by atoms with Crippen molar-refractivity contribution < 1.29 is 0 Å². The minimum absolute atomic E-state index is 0.0515. The van der Waals surface area contributed by atoms with Crippen molar-refractivity contribution in [2.75, 3.05) is 0 Å². The Bertz CT molecular complexity index is 962. The molecule has 6 N–H and O–H groups in total. The van der Waals surface area contributed by atoms with Crippen LogP contribution in [0.4, 0.5) is 0 Å². The minimum Gasteiger partial charge on any atom is -0.370 e. The Kier molecular flexibility index (Phi) is 21.5. The molecule has 0 fully saturated rings. The first-order valence-corrected chi connectivity index (χ1v) is 15.5. The number of benzene rings is 1. The number of aliphatic imine (C=N–C) groups is 2. The van der Waals surface area contributed by atoms with E-state index in [2.05, 4.69) is 74.4 Å². The predicted octanol–water partition coefficient (Wildman–Crippen LogP) is 8.46. The average Bonchev–Trinajstić information content (AvgIpc) is 2.90. The summed E-state index contributed by atoms with van der Waals surface area (Å²) in [5.74, 6) is -0.0706. The highest BCUT2D eigenvalue weighted by atomic mass is 31.2. The number of nitrogens with two attached hydrogens (primary N) is 3. The van der Waals surface area contributed by atoms with E-state index >= 15 is 0 Å². The number of rotatable bonds is 11. The van der Waals surface area contributed by atoms with E-state index in [0.717, 1.165) is 10.6 Å². The number of allylic oxidation sites excluding steroid dienone is 8. The number of guanidine groups is 2. The first-order chi connectivity index (χ1) is 18.4. The van der Waals surface area contributed by atoms with Gasteiger partial charge in [-0.1, -0.05) is 98.2 Å².